The van der Waals surface area contributed by atoms with E-state index in [4.69, 9.17) is 58.0 Å². The van der Waals surface area contributed by atoms with E-state index in [0.29, 0.717) is 80.4 Å². The van der Waals surface area contributed by atoms with Crippen LogP contribution in [-0.4, -0.2) is 90.3 Å². The summed E-state index contributed by atoms with van der Waals surface area (Å²) in [6.45, 7) is 7.50. The SMILES string of the molecule is Cc1cc(Cl)nc(N2CCN(c3ccc(Cl)c(Cl)c3)C2=O)n1.Cc1cc(NCCCN(C)C)nc(N2CCN(c3ccc(Cl)c(Cl)c3)C2=O)n1. The standard InChI is InChI=1S/C19H24Cl2N6O.C14H11Cl3N4O/c1-13-11-17(22-7-4-8-25(2)3)24-18(23-13)27-10-9-26(19(27)28)14-5-6-15(20)16(21)12-14;1-8-6-12(17)19-13(18-8)21-5-4-20(14(21)22)9-2-3-10(15)11(16)7-9/h5-6,11-12H,4,7-10H2,1-3H3,(H,22,23,24);2-3,6-7H,4-5H2,1H3. The fourth-order valence-corrected chi connectivity index (χ4v) is 6.06. The van der Waals surface area contributed by atoms with Gasteiger partial charge in [0.05, 0.1) is 20.1 Å². The van der Waals surface area contributed by atoms with Gasteiger partial charge in [-0.05, 0) is 83.4 Å². The number of hydrogen-bond donors (Lipinski definition) is 1. The molecule has 6 rings (SSSR count). The Morgan fingerprint density at radius 1 is 0.640 bits per heavy atom. The van der Waals surface area contributed by atoms with Gasteiger partial charge in [-0.2, -0.15) is 4.98 Å². The fourth-order valence-electron chi connectivity index (χ4n) is 5.24. The Kier molecular flexibility index (Phi) is 12.5. The normalized spacial score (nSPS) is 14.5. The van der Waals surface area contributed by atoms with Crippen LogP contribution < -0.4 is 24.9 Å². The van der Waals surface area contributed by atoms with E-state index in [1.165, 1.54) is 4.90 Å². The number of anilines is 5. The molecule has 4 heterocycles. The Morgan fingerprint density at radius 2 is 1.12 bits per heavy atom. The Bertz CT molecular complexity index is 1860. The average Bonchev–Trinajstić information content (AvgIpc) is 3.64. The molecule has 0 atom stereocenters. The summed E-state index contributed by atoms with van der Waals surface area (Å²) in [4.78, 5) is 51.3. The minimum Gasteiger partial charge on any atom is -0.370 e. The molecule has 0 spiro atoms. The highest BCUT2D eigenvalue weighted by atomic mass is 35.5. The van der Waals surface area contributed by atoms with Gasteiger partial charge in [-0.3, -0.25) is 19.6 Å². The van der Waals surface area contributed by atoms with Crippen LogP contribution in [0.3, 0.4) is 0 Å². The van der Waals surface area contributed by atoms with Gasteiger partial charge in [0, 0.05) is 61.6 Å². The number of aryl methyl sites for hydroxylation is 2. The zero-order valence-corrected chi connectivity index (χ0v) is 31.6. The number of hydrogen-bond acceptors (Lipinski definition) is 8. The first-order valence-corrected chi connectivity index (χ1v) is 17.5. The zero-order valence-electron chi connectivity index (χ0n) is 27.8. The molecule has 12 nitrogen and oxygen atoms in total. The number of halogens is 5. The first-order valence-electron chi connectivity index (χ1n) is 15.6. The van der Waals surface area contributed by atoms with Crippen molar-refractivity contribution >= 4 is 99.2 Å². The van der Waals surface area contributed by atoms with Gasteiger partial charge in [0.25, 0.3) is 0 Å². The van der Waals surface area contributed by atoms with Gasteiger partial charge in [0.2, 0.25) is 11.9 Å². The lowest BCUT2D eigenvalue weighted by Gasteiger charge is -2.19. The van der Waals surface area contributed by atoms with Crippen molar-refractivity contribution in [3.63, 3.8) is 0 Å². The minimum atomic E-state index is -0.222. The smallest absolute Gasteiger partial charge is 0.331 e. The second-order valence-electron chi connectivity index (χ2n) is 11.8. The molecule has 264 valence electrons. The van der Waals surface area contributed by atoms with E-state index in [2.05, 4.69) is 30.2 Å². The molecule has 1 N–H and O–H groups in total. The predicted octanol–water partition coefficient (Wildman–Crippen LogP) is 8.09. The van der Waals surface area contributed by atoms with Crippen molar-refractivity contribution in [1.82, 2.24) is 24.8 Å². The van der Waals surface area contributed by atoms with Crippen LogP contribution in [0.25, 0.3) is 0 Å². The summed E-state index contributed by atoms with van der Waals surface area (Å²) in [7, 11) is 4.09. The van der Waals surface area contributed by atoms with Gasteiger partial charge in [-0.1, -0.05) is 58.0 Å². The second kappa shape index (κ2) is 16.6. The summed E-state index contributed by atoms with van der Waals surface area (Å²) in [6.07, 6.45) is 0.999. The van der Waals surface area contributed by atoms with Crippen LogP contribution in [0.15, 0.2) is 48.5 Å². The summed E-state index contributed by atoms with van der Waals surface area (Å²) in [6, 6.07) is 13.4. The van der Waals surface area contributed by atoms with Crippen molar-refractivity contribution in [3.05, 3.63) is 85.2 Å². The number of benzene rings is 2. The molecular formula is C33H35Cl5N10O2. The summed E-state index contributed by atoms with van der Waals surface area (Å²) < 4.78 is 0. The van der Waals surface area contributed by atoms with E-state index < -0.39 is 0 Å². The number of carbonyl (C=O) groups is 2. The first kappa shape index (κ1) is 37.6. The van der Waals surface area contributed by atoms with E-state index in [9.17, 15) is 9.59 Å². The van der Waals surface area contributed by atoms with Crippen LogP contribution in [0, 0.1) is 13.8 Å². The van der Waals surface area contributed by atoms with Gasteiger partial charge in [0.1, 0.15) is 11.0 Å². The Labute approximate surface area is 315 Å². The lowest BCUT2D eigenvalue weighted by molar-refractivity contribution is 0.255. The Hall–Kier alpha value is -3.65. The highest BCUT2D eigenvalue weighted by Gasteiger charge is 2.34. The maximum Gasteiger partial charge on any atom is 0.331 e. The molecule has 0 unspecified atom stereocenters. The topological polar surface area (TPSA) is 114 Å². The Morgan fingerprint density at radius 3 is 1.60 bits per heavy atom. The van der Waals surface area contributed by atoms with E-state index in [0.717, 1.165) is 31.0 Å². The molecule has 0 bridgehead atoms. The van der Waals surface area contributed by atoms with Crippen molar-refractivity contribution in [2.24, 2.45) is 0 Å². The van der Waals surface area contributed by atoms with Crippen LogP contribution >= 0.6 is 58.0 Å². The molecule has 0 radical (unpaired) electrons. The summed E-state index contributed by atoms with van der Waals surface area (Å²) >= 11 is 29.9. The van der Waals surface area contributed by atoms with Crippen LogP contribution in [0.2, 0.25) is 25.2 Å². The van der Waals surface area contributed by atoms with Gasteiger partial charge >= 0.3 is 12.1 Å². The average molecular weight is 781 g/mol. The third kappa shape index (κ3) is 9.17. The molecule has 2 aromatic carbocycles. The lowest BCUT2D eigenvalue weighted by atomic mass is 10.3. The van der Waals surface area contributed by atoms with Gasteiger partial charge < -0.3 is 10.2 Å². The summed E-state index contributed by atoms with van der Waals surface area (Å²) in [5.74, 6) is 1.43. The fraction of sp³-hybridized carbons (Fsp3) is 0.333. The van der Waals surface area contributed by atoms with Gasteiger partial charge in [0.15, 0.2) is 0 Å². The molecule has 0 aliphatic carbocycles. The molecule has 2 aliphatic rings. The monoisotopic (exact) mass is 778 g/mol. The highest BCUT2D eigenvalue weighted by Crippen LogP contribution is 2.32. The molecule has 4 aromatic rings. The third-order valence-electron chi connectivity index (χ3n) is 7.67. The number of carbonyl (C=O) groups excluding carboxylic acids is 2. The Balaban J connectivity index is 0.000000200. The van der Waals surface area contributed by atoms with Crippen molar-refractivity contribution in [1.29, 1.82) is 0 Å². The molecule has 2 fully saturated rings. The number of nitrogens with zero attached hydrogens (tertiary/aromatic N) is 9. The number of aromatic nitrogens is 4. The van der Waals surface area contributed by atoms with Crippen LogP contribution in [-0.2, 0) is 0 Å². The summed E-state index contributed by atoms with van der Waals surface area (Å²) in [5, 5.41) is 5.35. The first-order chi connectivity index (χ1) is 23.8. The maximum atomic E-state index is 12.9. The molecular weight excluding hydrogens is 746 g/mol. The van der Waals surface area contributed by atoms with Crippen molar-refractivity contribution in [2.75, 3.05) is 78.3 Å². The van der Waals surface area contributed by atoms with Crippen LogP contribution in [0.5, 0.6) is 0 Å². The number of urea groups is 2. The molecule has 4 amide bonds. The van der Waals surface area contributed by atoms with Crippen LogP contribution in [0.4, 0.5) is 38.7 Å². The van der Waals surface area contributed by atoms with E-state index in [1.54, 1.807) is 64.1 Å². The largest absolute Gasteiger partial charge is 0.370 e. The maximum absolute atomic E-state index is 12.9. The molecule has 2 aliphatic heterocycles. The molecule has 17 heteroatoms. The quantitative estimate of drug-likeness (QED) is 0.134. The molecule has 50 heavy (non-hydrogen) atoms. The lowest BCUT2D eigenvalue weighted by Crippen LogP contribution is -2.33. The highest BCUT2D eigenvalue weighted by molar-refractivity contribution is 6.42. The van der Waals surface area contributed by atoms with E-state index >= 15 is 0 Å². The van der Waals surface area contributed by atoms with Crippen molar-refractivity contribution in [2.45, 2.75) is 20.3 Å². The minimum absolute atomic E-state index is 0.178. The molecule has 2 saturated heterocycles. The van der Waals surface area contributed by atoms with Crippen molar-refractivity contribution in [3.8, 4) is 0 Å². The second-order valence-corrected chi connectivity index (χ2v) is 13.8. The van der Waals surface area contributed by atoms with Gasteiger partial charge in [-0.15, -0.1) is 0 Å². The van der Waals surface area contributed by atoms with E-state index in [1.807, 2.05) is 27.1 Å². The molecule has 0 saturated carbocycles. The van der Waals surface area contributed by atoms with E-state index in [-0.39, 0.29) is 12.1 Å². The molecule has 2 aromatic heterocycles. The summed E-state index contributed by atoms with van der Waals surface area (Å²) in [5.41, 5.74) is 2.90. The number of nitrogens with one attached hydrogen (secondary N) is 1. The van der Waals surface area contributed by atoms with Gasteiger partial charge in [-0.25, -0.2) is 24.5 Å². The van der Waals surface area contributed by atoms with Crippen LogP contribution in [0.1, 0.15) is 17.8 Å². The predicted molar refractivity (Wildman–Crippen MR) is 203 cm³/mol. The van der Waals surface area contributed by atoms with Crippen molar-refractivity contribution < 1.29 is 9.59 Å². The number of amides is 4. The zero-order chi connectivity index (χ0) is 36.1. The number of rotatable bonds is 9. The third-order valence-corrected chi connectivity index (χ3v) is 9.34.